The summed E-state index contributed by atoms with van der Waals surface area (Å²) in [4.78, 5) is 8.05. The van der Waals surface area contributed by atoms with Gasteiger partial charge in [-0.1, -0.05) is 5.21 Å². The molecule has 0 aliphatic carbocycles. The van der Waals surface area contributed by atoms with Gasteiger partial charge in [0.2, 0.25) is 0 Å². The molecule has 0 aromatic carbocycles. The highest BCUT2D eigenvalue weighted by Gasteiger charge is 2.18. The molecule has 0 saturated carbocycles. The van der Waals surface area contributed by atoms with Crippen LogP contribution in [0.2, 0.25) is 0 Å². The van der Waals surface area contributed by atoms with Gasteiger partial charge in [0.05, 0.1) is 18.8 Å². The standard InChI is InChI=1S/C9H11N5O/c1-2-7(15-3-1)5-14-9-8(12-13-14)4-10-6-11-9/h4,6-7H,1-3,5H2/t7-/m1/s1. The van der Waals surface area contributed by atoms with Crippen molar-refractivity contribution in [3.05, 3.63) is 12.5 Å². The zero-order valence-electron chi connectivity index (χ0n) is 8.20. The van der Waals surface area contributed by atoms with Crippen molar-refractivity contribution in [2.45, 2.75) is 25.5 Å². The number of aromatic nitrogens is 5. The van der Waals surface area contributed by atoms with E-state index in [0.717, 1.165) is 37.2 Å². The lowest BCUT2D eigenvalue weighted by atomic mass is 10.2. The minimum atomic E-state index is 0.255. The minimum Gasteiger partial charge on any atom is -0.376 e. The van der Waals surface area contributed by atoms with Crippen molar-refractivity contribution in [1.29, 1.82) is 0 Å². The predicted molar refractivity (Wildman–Crippen MR) is 52.1 cm³/mol. The van der Waals surface area contributed by atoms with Gasteiger partial charge in [-0.15, -0.1) is 5.10 Å². The van der Waals surface area contributed by atoms with Crippen molar-refractivity contribution in [3.63, 3.8) is 0 Å². The van der Waals surface area contributed by atoms with E-state index in [1.165, 1.54) is 6.33 Å². The van der Waals surface area contributed by atoms with E-state index >= 15 is 0 Å². The molecule has 2 aromatic heterocycles. The summed E-state index contributed by atoms with van der Waals surface area (Å²) in [7, 11) is 0. The summed E-state index contributed by atoms with van der Waals surface area (Å²) in [5.41, 5.74) is 1.51. The molecule has 3 rings (SSSR count). The van der Waals surface area contributed by atoms with Crippen LogP contribution in [0.15, 0.2) is 12.5 Å². The number of ether oxygens (including phenoxy) is 1. The van der Waals surface area contributed by atoms with Gasteiger partial charge in [-0.2, -0.15) is 0 Å². The Balaban J connectivity index is 1.90. The highest BCUT2D eigenvalue weighted by atomic mass is 16.5. The van der Waals surface area contributed by atoms with Crippen LogP contribution in [0, 0.1) is 0 Å². The number of rotatable bonds is 2. The van der Waals surface area contributed by atoms with Gasteiger partial charge in [0.25, 0.3) is 0 Å². The van der Waals surface area contributed by atoms with Crippen LogP contribution in [0.4, 0.5) is 0 Å². The quantitative estimate of drug-likeness (QED) is 0.710. The fourth-order valence-electron chi connectivity index (χ4n) is 1.83. The zero-order valence-corrected chi connectivity index (χ0v) is 8.20. The van der Waals surface area contributed by atoms with Crippen LogP contribution in [-0.4, -0.2) is 37.7 Å². The van der Waals surface area contributed by atoms with Crippen LogP contribution in [0.3, 0.4) is 0 Å². The lowest BCUT2D eigenvalue weighted by molar-refractivity contribution is 0.0944. The molecule has 1 atom stereocenters. The van der Waals surface area contributed by atoms with E-state index in [9.17, 15) is 0 Å². The molecule has 0 spiro atoms. The van der Waals surface area contributed by atoms with Crippen molar-refractivity contribution in [1.82, 2.24) is 25.0 Å². The highest BCUT2D eigenvalue weighted by Crippen LogP contribution is 2.15. The Morgan fingerprint density at radius 1 is 1.53 bits per heavy atom. The number of hydrogen-bond donors (Lipinski definition) is 0. The lowest BCUT2D eigenvalue weighted by Crippen LogP contribution is -2.16. The Hall–Kier alpha value is -1.56. The fraction of sp³-hybridized carbons (Fsp3) is 0.556. The van der Waals surface area contributed by atoms with E-state index < -0.39 is 0 Å². The fourth-order valence-corrected chi connectivity index (χ4v) is 1.83. The van der Waals surface area contributed by atoms with Crippen LogP contribution < -0.4 is 0 Å². The third-order valence-corrected chi connectivity index (χ3v) is 2.58. The molecule has 3 heterocycles. The molecule has 6 nitrogen and oxygen atoms in total. The predicted octanol–water partition coefficient (Wildman–Crippen LogP) is 0.400. The third kappa shape index (κ3) is 1.56. The zero-order chi connectivity index (χ0) is 10.1. The van der Waals surface area contributed by atoms with Crippen molar-refractivity contribution in [2.24, 2.45) is 0 Å². The second-order valence-corrected chi connectivity index (χ2v) is 3.64. The van der Waals surface area contributed by atoms with Crippen molar-refractivity contribution >= 4 is 11.2 Å². The molecule has 1 aliphatic heterocycles. The van der Waals surface area contributed by atoms with Crippen LogP contribution in [0.25, 0.3) is 11.2 Å². The largest absolute Gasteiger partial charge is 0.376 e. The Kier molecular flexibility index (Phi) is 2.06. The average molecular weight is 205 g/mol. The second kappa shape index (κ2) is 3.54. The van der Waals surface area contributed by atoms with E-state index in [4.69, 9.17) is 4.74 Å². The van der Waals surface area contributed by atoms with E-state index in [2.05, 4.69) is 20.3 Å². The third-order valence-electron chi connectivity index (χ3n) is 2.58. The summed E-state index contributed by atoms with van der Waals surface area (Å²) in [6.45, 7) is 1.58. The summed E-state index contributed by atoms with van der Waals surface area (Å²) >= 11 is 0. The maximum Gasteiger partial charge on any atom is 0.181 e. The van der Waals surface area contributed by atoms with Crippen LogP contribution in [0.1, 0.15) is 12.8 Å². The Labute approximate surface area is 86.3 Å². The first-order chi connectivity index (χ1) is 7.43. The van der Waals surface area contributed by atoms with Crippen LogP contribution in [0.5, 0.6) is 0 Å². The van der Waals surface area contributed by atoms with E-state index in [0.29, 0.717) is 0 Å². The minimum absolute atomic E-state index is 0.255. The molecule has 1 saturated heterocycles. The molecule has 1 aliphatic rings. The van der Waals surface area contributed by atoms with Gasteiger partial charge < -0.3 is 4.74 Å². The molecule has 0 bridgehead atoms. The number of fused-ring (bicyclic) bond motifs is 1. The smallest absolute Gasteiger partial charge is 0.181 e. The molecule has 0 N–H and O–H groups in total. The molecule has 0 unspecified atom stereocenters. The van der Waals surface area contributed by atoms with Gasteiger partial charge in [0.15, 0.2) is 11.2 Å². The van der Waals surface area contributed by atoms with Crippen molar-refractivity contribution in [2.75, 3.05) is 6.61 Å². The summed E-state index contributed by atoms with van der Waals surface area (Å²) in [5.74, 6) is 0. The van der Waals surface area contributed by atoms with Crippen LogP contribution >= 0.6 is 0 Å². The van der Waals surface area contributed by atoms with Crippen LogP contribution in [-0.2, 0) is 11.3 Å². The summed E-state index contributed by atoms with van der Waals surface area (Å²) in [6, 6.07) is 0. The van der Waals surface area contributed by atoms with Gasteiger partial charge in [-0.3, -0.25) is 0 Å². The second-order valence-electron chi connectivity index (χ2n) is 3.64. The molecular weight excluding hydrogens is 194 g/mol. The van der Waals surface area contributed by atoms with E-state index in [1.807, 2.05) is 0 Å². The Morgan fingerprint density at radius 3 is 3.40 bits per heavy atom. The normalized spacial score (nSPS) is 21.2. The van der Waals surface area contributed by atoms with Crippen molar-refractivity contribution < 1.29 is 4.74 Å². The van der Waals surface area contributed by atoms with Gasteiger partial charge in [0.1, 0.15) is 6.33 Å². The van der Waals surface area contributed by atoms with Gasteiger partial charge in [-0.25, -0.2) is 14.6 Å². The maximum atomic E-state index is 5.54. The van der Waals surface area contributed by atoms with Gasteiger partial charge in [-0.05, 0) is 12.8 Å². The monoisotopic (exact) mass is 205 g/mol. The molecule has 15 heavy (non-hydrogen) atoms. The Bertz CT molecular complexity index is 462. The molecule has 78 valence electrons. The molecule has 6 heteroatoms. The molecular formula is C9H11N5O. The summed E-state index contributed by atoms with van der Waals surface area (Å²) in [5, 5.41) is 8.04. The van der Waals surface area contributed by atoms with E-state index in [1.54, 1.807) is 10.9 Å². The first kappa shape index (κ1) is 8.72. The molecule has 0 radical (unpaired) electrons. The van der Waals surface area contributed by atoms with Crippen molar-refractivity contribution in [3.8, 4) is 0 Å². The summed E-state index contributed by atoms with van der Waals surface area (Å²) < 4.78 is 7.33. The summed E-state index contributed by atoms with van der Waals surface area (Å²) in [6.07, 6.45) is 5.66. The number of nitrogens with zero attached hydrogens (tertiary/aromatic N) is 5. The van der Waals surface area contributed by atoms with Gasteiger partial charge >= 0.3 is 0 Å². The Morgan fingerprint density at radius 2 is 2.53 bits per heavy atom. The molecule has 2 aromatic rings. The lowest BCUT2D eigenvalue weighted by Gasteiger charge is -2.08. The van der Waals surface area contributed by atoms with Gasteiger partial charge in [0, 0.05) is 6.61 Å². The average Bonchev–Trinajstić information content (AvgIpc) is 2.89. The molecule has 1 fully saturated rings. The maximum absolute atomic E-state index is 5.54. The topological polar surface area (TPSA) is 65.7 Å². The first-order valence-electron chi connectivity index (χ1n) is 5.04. The molecule has 0 amide bonds. The highest BCUT2D eigenvalue weighted by molar-refractivity contribution is 5.67. The van der Waals surface area contributed by atoms with E-state index in [-0.39, 0.29) is 6.10 Å². The first-order valence-corrected chi connectivity index (χ1v) is 5.04. The number of hydrogen-bond acceptors (Lipinski definition) is 5. The SMILES string of the molecule is c1ncc2nnn(C[C@H]3CCCO3)c2n1.